The number of amides is 2. The molecule has 1 fully saturated rings. The highest BCUT2D eigenvalue weighted by atomic mass is 35.5. The second-order valence-electron chi connectivity index (χ2n) is 7.12. The normalized spacial score (nSPS) is 20.7. The number of aryl methyl sites for hydroxylation is 1. The lowest BCUT2D eigenvalue weighted by Gasteiger charge is -2.29. The summed E-state index contributed by atoms with van der Waals surface area (Å²) < 4.78 is 0. The largest absolute Gasteiger partial charge is 0.324 e. The summed E-state index contributed by atoms with van der Waals surface area (Å²) in [4.78, 5) is 25.2. The molecule has 2 N–H and O–H groups in total. The summed E-state index contributed by atoms with van der Waals surface area (Å²) in [5.74, 6) is -0.530. The Labute approximate surface area is 174 Å². The molecule has 1 saturated heterocycles. The highest BCUT2D eigenvalue weighted by molar-refractivity contribution is 6.30. The number of benzene rings is 2. The number of hydrazone groups is 1. The highest BCUT2D eigenvalue weighted by Gasteiger charge is 2.41. The van der Waals surface area contributed by atoms with Crippen LogP contribution in [-0.2, 0) is 16.0 Å². The van der Waals surface area contributed by atoms with Crippen LogP contribution in [0.15, 0.2) is 53.6 Å². The molecule has 2 unspecified atom stereocenters. The van der Waals surface area contributed by atoms with Gasteiger partial charge in [0, 0.05) is 10.7 Å². The first-order valence-electron chi connectivity index (χ1n) is 9.57. The zero-order valence-electron chi connectivity index (χ0n) is 16.0. The van der Waals surface area contributed by atoms with Gasteiger partial charge in [-0.05, 0) is 42.2 Å². The molecule has 2 aliphatic heterocycles. The van der Waals surface area contributed by atoms with Crippen molar-refractivity contribution in [1.29, 1.82) is 0 Å². The Morgan fingerprint density at radius 3 is 2.79 bits per heavy atom. The number of hydrogen-bond acceptors (Lipinski definition) is 5. The number of carbonyl (C=O) groups is 2. The van der Waals surface area contributed by atoms with E-state index < -0.39 is 0 Å². The third kappa shape index (κ3) is 4.26. The Hall–Kier alpha value is -2.90. The van der Waals surface area contributed by atoms with E-state index in [1.165, 1.54) is 10.6 Å². The first kappa shape index (κ1) is 19.4. The average Bonchev–Trinajstić information content (AvgIpc) is 3.15. The number of rotatable bonds is 5. The Morgan fingerprint density at radius 2 is 2.07 bits per heavy atom. The zero-order chi connectivity index (χ0) is 20.4. The molecule has 0 aromatic heterocycles. The van der Waals surface area contributed by atoms with Gasteiger partial charge in [-0.1, -0.05) is 48.9 Å². The van der Waals surface area contributed by atoms with Gasteiger partial charge in [-0.3, -0.25) is 14.6 Å². The van der Waals surface area contributed by atoms with Crippen molar-refractivity contribution in [3.63, 3.8) is 0 Å². The minimum Gasteiger partial charge on any atom is -0.324 e. The van der Waals surface area contributed by atoms with Crippen molar-refractivity contribution in [1.82, 2.24) is 15.4 Å². The van der Waals surface area contributed by atoms with Crippen LogP contribution in [0, 0.1) is 0 Å². The van der Waals surface area contributed by atoms with E-state index in [0.29, 0.717) is 17.1 Å². The second-order valence-corrected chi connectivity index (χ2v) is 7.56. The van der Waals surface area contributed by atoms with Crippen molar-refractivity contribution in [3.8, 4) is 0 Å². The van der Waals surface area contributed by atoms with E-state index >= 15 is 0 Å². The summed E-state index contributed by atoms with van der Waals surface area (Å²) in [6.45, 7) is 1.97. The van der Waals surface area contributed by atoms with E-state index in [4.69, 9.17) is 11.6 Å². The highest BCUT2D eigenvalue weighted by Crippen LogP contribution is 2.29. The van der Waals surface area contributed by atoms with Crippen LogP contribution in [0.25, 0.3) is 0 Å². The topological polar surface area (TPSA) is 77.0 Å². The molecule has 8 heteroatoms. The number of nitrogens with one attached hydrogen (secondary N) is 2. The van der Waals surface area contributed by atoms with Gasteiger partial charge in [0.05, 0.1) is 6.04 Å². The molecule has 2 aromatic carbocycles. The standard InChI is InChI=1S/C21H22ClN5O2/c1-2-14-6-8-15(9-7-14)18-11-19-21(29)26(23-13-27(19)25-18)12-20(28)24-17-5-3-4-16(22)10-17/h3-10,13,18-19,25H,2,11-12H2,1H3,(H,24,28). The van der Waals surface area contributed by atoms with Gasteiger partial charge in [0.25, 0.3) is 5.91 Å². The monoisotopic (exact) mass is 411 g/mol. The Kier molecular flexibility index (Phi) is 5.51. The predicted molar refractivity (Wildman–Crippen MR) is 112 cm³/mol. The van der Waals surface area contributed by atoms with E-state index in [9.17, 15) is 9.59 Å². The summed E-state index contributed by atoms with van der Waals surface area (Å²) >= 11 is 5.93. The van der Waals surface area contributed by atoms with Gasteiger partial charge >= 0.3 is 0 Å². The number of nitrogens with zero attached hydrogens (tertiary/aromatic N) is 3. The molecule has 0 radical (unpaired) electrons. The summed E-state index contributed by atoms with van der Waals surface area (Å²) in [6.07, 6.45) is 3.17. The van der Waals surface area contributed by atoms with Crippen LogP contribution in [0.5, 0.6) is 0 Å². The quantitative estimate of drug-likeness (QED) is 0.793. The average molecular weight is 412 g/mol. The Bertz CT molecular complexity index is 946. The van der Waals surface area contributed by atoms with Gasteiger partial charge < -0.3 is 5.32 Å². The first-order valence-corrected chi connectivity index (χ1v) is 9.95. The fraction of sp³-hybridized carbons (Fsp3) is 0.286. The fourth-order valence-corrected chi connectivity index (χ4v) is 3.75. The van der Waals surface area contributed by atoms with Gasteiger partial charge in [-0.25, -0.2) is 10.4 Å². The maximum absolute atomic E-state index is 12.9. The van der Waals surface area contributed by atoms with Crippen LogP contribution < -0.4 is 10.7 Å². The van der Waals surface area contributed by atoms with Crippen molar-refractivity contribution in [2.75, 3.05) is 11.9 Å². The molecule has 29 heavy (non-hydrogen) atoms. The Morgan fingerprint density at radius 1 is 1.28 bits per heavy atom. The second kappa shape index (κ2) is 8.23. The van der Waals surface area contributed by atoms with Gasteiger partial charge in [0.15, 0.2) is 0 Å². The number of fused-ring (bicyclic) bond motifs is 1. The van der Waals surface area contributed by atoms with Gasteiger partial charge in [-0.15, -0.1) is 0 Å². The minimum absolute atomic E-state index is 0.0292. The van der Waals surface area contributed by atoms with Crippen LogP contribution >= 0.6 is 11.6 Å². The van der Waals surface area contributed by atoms with Crippen LogP contribution in [0.3, 0.4) is 0 Å². The lowest BCUT2D eigenvalue weighted by Crippen LogP contribution is -2.52. The van der Waals surface area contributed by atoms with Crippen LogP contribution in [0.1, 0.15) is 30.5 Å². The lowest BCUT2D eigenvalue weighted by molar-refractivity contribution is -0.139. The summed E-state index contributed by atoms with van der Waals surface area (Å²) in [6, 6.07) is 14.9. The van der Waals surface area contributed by atoms with Crippen molar-refractivity contribution in [3.05, 3.63) is 64.7 Å². The van der Waals surface area contributed by atoms with E-state index in [-0.39, 0.29) is 30.4 Å². The van der Waals surface area contributed by atoms with E-state index in [1.54, 1.807) is 35.6 Å². The molecular weight excluding hydrogens is 390 g/mol. The molecule has 4 rings (SSSR count). The summed E-state index contributed by atoms with van der Waals surface area (Å²) in [7, 11) is 0. The molecule has 2 aromatic rings. The van der Waals surface area contributed by atoms with Crippen molar-refractivity contribution in [2.24, 2.45) is 5.10 Å². The molecule has 0 aliphatic carbocycles. The van der Waals surface area contributed by atoms with E-state index in [2.05, 4.69) is 47.0 Å². The smallest absolute Gasteiger partial charge is 0.267 e. The lowest BCUT2D eigenvalue weighted by atomic mass is 9.99. The Balaban J connectivity index is 1.39. The molecule has 2 amide bonds. The van der Waals surface area contributed by atoms with E-state index in [1.807, 2.05) is 0 Å². The van der Waals surface area contributed by atoms with Crippen molar-refractivity contribution in [2.45, 2.75) is 31.8 Å². The summed E-state index contributed by atoms with van der Waals surface area (Å²) in [5, 5.41) is 10.3. The third-order valence-corrected chi connectivity index (χ3v) is 5.38. The molecule has 150 valence electrons. The van der Waals surface area contributed by atoms with Gasteiger partial charge in [0.2, 0.25) is 5.91 Å². The summed E-state index contributed by atoms with van der Waals surface area (Å²) in [5.41, 5.74) is 6.30. The van der Waals surface area contributed by atoms with Crippen LogP contribution in [0.4, 0.5) is 5.69 Å². The number of anilines is 1. The zero-order valence-corrected chi connectivity index (χ0v) is 16.8. The first-order chi connectivity index (χ1) is 14.0. The van der Waals surface area contributed by atoms with Crippen molar-refractivity contribution < 1.29 is 9.59 Å². The molecule has 2 atom stereocenters. The number of hydrogen-bond donors (Lipinski definition) is 2. The molecule has 0 saturated carbocycles. The van der Waals surface area contributed by atoms with Crippen LogP contribution in [0.2, 0.25) is 5.02 Å². The molecule has 0 spiro atoms. The maximum atomic E-state index is 12.9. The van der Waals surface area contributed by atoms with Gasteiger partial charge in [-0.2, -0.15) is 5.10 Å². The van der Waals surface area contributed by atoms with Gasteiger partial charge in [0.1, 0.15) is 18.9 Å². The number of halogens is 1. The minimum atomic E-state index is -0.387. The molecule has 2 aliphatic rings. The van der Waals surface area contributed by atoms with Crippen LogP contribution in [-0.4, -0.2) is 40.8 Å². The number of hydrazine groups is 1. The number of carbonyl (C=O) groups excluding carboxylic acids is 2. The van der Waals surface area contributed by atoms with E-state index in [0.717, 1.165) is 12.0 Å². The predicted octanol–water partition coefficient (Wildman–Crippen LogP) is 2.95. The molecular formula is C21H22ClN5O2. The third-order valence-electron chi connectivity index (χ3n) is 5.15. The molecule has 7 nitrogen and oxygen atoms in total. The van der Waals surface area contributed by atoms with Crippen molar-refractivity contribution >= 4 is 35.4 Å². The fourth-order valence-electron chi connectivity index (χ4n) is 3.56. The molecule has 0 bridgehead atoms. The molecule has 2 heterocycles. The maximum Gasteiger partial charge on any atom is 0.267 e. The SMILES string of the molecule is CCc1ccc(C2CC3C(=O)N(CC(=O)Nc4cccc(Cl)c4)N=CN3N2)cc1.